The first-order valence-electron chi connectivity index (χ1n) is 7.03. The van der Waals surface area contributed by atoms with Gasteiger partial charge in [-0.25, -0.2) is 0 Å². The Balaban J connectivity index is 2.84. The van der Waals surface area contributed by atoms with Crippen LogP contribution in [0.4, 0.5) is 0 Å². The molecule has 0 amide bonds. The summed E-state index contributed by atoms with van der Waals surface area (Å²) in [6.07, 6.45) is 13.2. The molecule has 0 radical (unpaired) electrons. The second-order valence-corrected chi connectivity index (χ2v) is 5.90. The lowest BCUT2D eigenvalue weighted by atomic mass is 9.78. The SMILES string of the molecule is C/C1=C(/CO)CCCCCC/C=C/CC1(C)C. The quantitative estimate of drug-likeness (QED) is 0.659. The highest BCUT2D eigenvalue weighted by Gasteiger charge is 2.21. The highest BCUT2D eigenvalue weighted by molar-refractivity contribution is 5.20. The zero-order valence-corrected chi connectivity index (χ0v) is 11.8. The molecule has 0 aromatic carbocycles. The molecule has 0 saturated heterocycles. The topological polar surface area (TPSA) is 20.2 Å². The Morgan fingerprint density at radius 3 is 2.53 bits per heavy atom. The summed E-state index contributed by atoms with van der Waals surface area (Å²) in [4.78, 5) is 0. The summed E-state index contributed by atoms with van der Waals surface area (Å²) in [6.45, 7) is 7.01. The van der Waals surface area contributed by atoms with E-state index in [0.717, 1.165) is 12.8 Å². The summed E-state index contributed by atoms with van der Waals surface area (Å²) >= 11 is 0. The van der Waals surface area contributed by atoms with Crippen LogP contribution in [-0.2, 0) is 0 Å². The maximum atomic E-state index is 9.52. The molecule has 0 saturated carbocycles. The van der Waals surface area contributed by atoms with Crippen molar-refractivity contribution in [3.05, 3.63) is 23.3 Å². The fraction of sp³-hybridized carbons (Fsp3) is 0.750. The van der Waals surface area contributed by atoms with Gasteiger partial charge in [0.1, 0.15) is 0 Å². The van der Waals surface area contributed by atoms with Crippen LogP contribution in [0.2, 0.25) is 0 Å². The molecule has 98 valence electrons. The van der Waals surface area contributed by atoms with Gasteiger partial charge in [0.15, 0.2) is 0 Å². The van der Waals surface area contributed by atoms with Crippen LogP contribution < -0.4 is 0 Å². The number of aliphatic hydroxyl groups excluding tert-OH is 1. The van der Waals surface area contributed by atoms with Gasteiger partial charge in [-0.15, -0.1) is 0 Å². The highest BCUT2D eigenvalue weighted by atomic mass is 16.3. The normalized spacial score (nSPS) is 29.2. The van der Waals surface area contributed by atoms with Gasteiger partial charge in [0.2, 0.25) is 0 Å². The molecule has 1 heteroatoms. The van der Waals surface area contributed by atoms with Gasteiger partial charge in [-0.2, -0.15) is 0 Å². The van der Waals surface area contributed by atoms with Crippen LogP contribution in [0.15, 0.2) is 23.3 Å². The third-order valence-electron chi connectivity index (χ3n) is 4.13. The average Bonchev–Trinajstić information content (AvgIpc) is 2.29. The maximum Gasteiger partial charge on any atom is 0.0644 e. The second kappa shape index (κ2) is 7.00. The molecule has 1 rings (SSSR count). The number of allylic oxidation sites excluding steroid dienone is 3. The summed E-state index contributed by atoms with van der Waals surface area (Å²) in [5.41, 5.74) is 2.85. The number of rotatable bonds is 1. The molecule has 17 heavy (non-hydrogen) atoms. The van der Waals surface area contributed by atoms with Crippen molar-refractivity contribution in [3.8, 4) is 0 Å². The number of hydrogen-bond acceptors (Lipinski definition) is 1. The van der Waals surface area contributed by atoms with Gasteiger partial charge in [-0.3, -0.25) is 0 Å². The summed E-state index contributed by atoms with van der Waals surface area (Å²) < 4.78 is 0. The van der Waals surface area contributed by atoms with E-state index in [1.807, 2.05) is 0 Å². The minimum Gasteiger partial charge on any atom is -0.392 e. The molecule has 0 aromatic rings. The lowest BCUT2D eigenvalue weighted by Gasteiger charge is -2.27. The minimum absolute atomic E-state index is 0.188. The lowest BCUT2D eigenvalue weighted by Crippen LogP contribution is -2.15. The molecule has 0 unspecified atom stereocenters. The molecule has 1 aliphatic rings. The first-order valence-corrected chi connectivity index (χ1v) is 7.03. The van der Waals surface area contributed by atoms with Crippen LogP contribution in [0, 0.1) is 5.41 Å². The zero-order chi connectivity index (χ0) is 12.7. The van der Waals surface area contributed by atoms with E-state index >= 15 is 0 Å². The average molecular weight is 236 g/mol. The molecule has 1 N–H and O–H groups in total. The Hall–Kier alpha value is -0.560. The van der Waals surface area contributed by atoms with E-state index in [1.165, 1.54) is 43.3 Å². The summed E-state index contributed by atoms with van der Waals surface area (Å²) in [7, 11) is 0. The van der Waals surface area contributed by atoms with E-state index in [-0.39, 0.29) is 12.0 Å². The van der Waals surface area contributed by atoms with Crippen LogP contribution >= 0.6 is 0 Å². The molecule has 1 aliphatic carbocycles. The molecule has 0 atom stereocenters. The van der Waals surface area contributed by atoms with Crippen molar-refractivity contribution < 1.29 is 5.11 Å². The smallest absolute Gasteiger partial charge is 0.0644 e. The summed E-state index contributed by atoms with van der Waals surface area (Å²) in [5, 5.41) is 9.52. The Kier molecular flexibility index (Phi) is 5.97. The molecule has 0 fully saturated rings. The number of aliphatic hydroxyl groups is 1. The van der Waals surface area contributed by atoms with E-state index in [9.17, 15) is 5.11 Å². The van der Waals surface area contributed by atoms with Crippen LogP contribution in [0.3, 0.4) is 0 Å². The number of hydrogen-bond donors (Lipinski definition) is 1. The van der Waals surface area contributed by atoms with Gasteiger partial charge in [-0.05, 0) is 50.0 Å². The van der Waals surface area contributed by atoms with Crippen LogP contribution in [0.25, 0.3) is 0 Å². The Labute approximate surface area is 107 Å². The second-order valence-electron chi connectivity index (χ2n) is 5.90. The molecular formula is C16H28O. The monoisotopic (exact) mass is 236 g/mol. The van der Waals surface area contributed by atoms with Gasteiger partial charge in [0, 0.05) is 0 Å². The van der Waals surface area contributed by atoms with E-state index in [1.54, 1.807) is 0 Å². The molecule has 0 bridgehead atoms. The summed E-state index contributed by atoms with van der Waals surface area (Å²) in [5.74, 6) is 0. The largest absolute Gasteiger partial charge is 0.392 e. The van der Waals surface area contributed by atoms with Gasteiger partial charge in [0.05, 0.1) is 6.61 Å². The van der Waals surface area contributed by atoms with E-state index in [0.29, 0.717) is 0 Å². The van der Waals surface area contributed by atoms with Crippen molar-refractivity contribution >= 4 is 0 Å². The van der Waals surface area contributed by atoms with Crippen molar-refractivity contribution in [2.75, 3.05) is 6.61 Å². The fourth-order valence-electron chi connectivity index (χ4n) is 2.47. The summed E-state index contributed by atoms with van der Waals surface area (Å²) in [6, 6.07) is 0. The Bertz CT molecular complexity index is 284. The van der Waals surface area contributed by atoms with Gasteiger partial charge < -0.3 is 5.11 Å². The van der Waals surface area contributed by atoms with E-state index < -0.39 is 0 Å². The van der Waals surface area contributed by atoms with Crippen molar-refractivity contribution in [2.45, 2.75) is 65.7 Å². The van der Waals surface area contributed by atoms with Gasteiger partial charge >= 0.3 is 0 Å². The van der Waals surface area contributed by atoms with Crippen molar-refractivity contribution in [3.63, 3.8) is 0 Å². The van der Waals surface area contributed by atoms with Crippen molar-refractivity contribution in [2.24, 2.45) is 5.41 Å². The van der Waals surface area contributed by atoms with Gasteiger partial charge in [0.25, 0.3) is 0 Å². The minimum atomic E-state index is 0.188. The molecule has 0 aromatic heterocycles. The molecule has 0 aliphatic heterocycles. The van der Waals surface area contributed by atoms with Crippen molar-refractivity contribution in [1.82, 2.24) is 0 Å². The zero-order valence-electron chi connectivity index (χ0n) is 11.8. The Morgan fingerprint density at radius 1 is 1.12 bits per heavy atom. The fourth-order valence-corrected chi connectivity index (χ4v) is 2.47. The van der Waals surface area contributed by atoms with Crippen LogP contribution in [0.1, 0.15) is 65.7 Å². The predicted molar refractivity (Wildman–Crippen MR) is 75.0 cm³/mol. The van der Waals surface area contributed by atoms with Gasteiger partial charge in [-0.1, -0.05) is 44.4 Å². The third-order valence-corrected chi connectivity index (χ3v) is 4.13. The molecule has 0 spiro atoms. The van der Waals surface area contributed by atoms with Crippen LogP contribution in [0.5, 0.6) is 0 Å². The third kappa shape index (κ3) is 4.67. The first kappa shape index (κ1) is 14.5. The lowest BCUT2D eigenvalue weighted by molar-refractivity contribution is 0.316. The standard InChI is InChI=1S/C16H28O/c1-14-15(13-17)11-9-7-5-4-6-8-10-12-16(14,2)3/h8,10,17H,4-7,9,11-13H2,1-3H3/b10-8+,15-14-. The maximum absolute atomic E-state index is 9.52. The molecule has 1 nitrogen and oxygen atoms in total. The molecular weight excluding hydrogens is 208 g/mol. The first-order chi connectivity index (χ1) is 8.08. The van der Waals surface area contributed by atoms with E-state index in [4.69, 9.17) is 0 Å². The van der Waals surface area contributed by atoms with E-state index in [2.05, 4.69) is 32.9 Å². The Morgan fingerprint density at radius 2 is 1.82 bits per heavy atom. The predicted octanol–water partition coefficient (Wildman–Crippen LogP) is 4.62. The molecule has 0 heterocycles. The van der Waals surface area contributed by atoms with Crippen LogP contribution in [-0.4, -0.2) is 11.7 Å². The highest BCUT2D eigenvalue weighted by Crippen LogP contribution is 2.34. The van der Waals surface area contributed by atoms with Crippen molar-refractivity contribution in [1.29, 1.82) is 0 Å².